The minimum absolute atomic E-state index is 0.0806. The number of para-hydroxylation sites is 2. The van der Waals surface area contributed by atoms with E-state index in [-0.39, 0.29) is 24.0 Å². The van der Waals surface area contributed by atoms with Gasteiger partial charge in [-0.1, -0.05) is 12.1 Å². The van der Waals surface area contributed by atoms with Gasteiger partial charge in [0.15, 0.2) is 12.2 Å². The van der Waals surface area contributed by atoms with E-state index >= 15 is 0 Å². The zero-order valence-corrected chi connectivity index (χ0v) is 15.3. The third-order valence-electron chi connectivity index (χ3n) is 4.25. The number of aromatic nitrogens is 2. The van der Waals surface area contributed by atoms with E-state index in [1.165, 1.54) is 24.3 Å². The van der Waals surface area contributed by atoms with Gasteiger partial charge in [0, 0.05) is 5.56 Å². The first-order valence-electron chi connectivity index (χ1n) is 8.85. The molecule has 0 saturated carbocycles. The van der Waals surface area contributed by atoms with Crippen LogP contribution in [0.2, 0.25) is 0 Å². The lowest BCUT2D eigenvalue weighted by atomic mass is 10.1. The Labute approximate surface area is 164 Å². The molecule has 1 N–H and O–H groups in total. The van der Waals surface area contributed by atoms with Crippen molar-refractivity contribution in [3.8, 4) is 17.2 Å². The topological polar surface area (TPSA) is 104 Å². The molecule has 0 unspecified atom stereocenters. The number of amides is 1. The van der Waals surface area contributed by atoms with E-state index in [0.29, 0.717) is 17.0 Å². The molecule has 9 heteroatoms. The molecule has 0 spiro atoms. The van der Waals surface area contributed by atoms with E-state index in [2.05, 4.69) is 15.5 Å². The number of nitrogens with one attached hydrogen (secondary N) is 1. The molecule has 1 aliphatic rings. The second-order valence-electron chi connectivity index (χ2n) is 6.38. The second kappa shape index (κ2) is 7.70. The van der Waals surface area contributed by atoms with Crippen LogP contribution >= 0.6 is 0 Å². The van der Waals surface area contributed by atoms with Crippen molar-refractivity contribution in [2.24, 2.45) is 0 Å². The smallest absolute Gasteiger partial charge is 0.310 e. The fraction of sp³-hybridized carbons (Fsp3) is 0.200. The van der Waals surface area contributed by atoms with E-state index in [4.69, 9.17) is 13.9 Å². The molecule has 148 valence electrons. The standard InChI is InChI=1S/C20H16FN3O5/c1-11(19-23-24-20(29-19)12-6-8-13(21)9-7-12)27-17(25)10-16-18(26)22-14-4-2-3-5-15(14)28-16/h2-9,11,16H,10H2,1H3,(H,22,26)/t11-,16+/m0/s1. The number of hydrogen-bond donors (Lipinski definition) is 1. The Morgan fingerprint density at radius 3 is 2.76 bits per heavy atom. The van der Waals surface area contributed by atoms with Crippen molar-refractivity contribution in [3.05, 3.63) is 60.2 Å². The number of hydrogen-bond acceptors (Lipinski definition) is 7. The van der Waals surface area contributed by atoms with Crippen molar-refractivity contribution in [2.45, 2.75) is 25.6 Å². The van der Waals surface area contributed by atoms with E-state index in [0.717, 1.165) is 0 Å². The van der Waals surface area contributed by atoms with Crippen molar-refractivity contribution >= 4 is 17.6 Å². The van der Waals surface area contributed by atoms with Crippen LogP contribution < -0.4 is 10.1 Å². The third-order valence-corrected chi connectivity index (χ3v) is 4.25. The molecule has 4 rings (SSSR count). The van der Waals surface area contributed by atoms with E-state index in [1.807, 2.05) is 0 Å². The first kappa shape index (κ1) is 18.6. The molecule has 0 radical (unpaired) electrons. The van der Waals surface area contributed by atoms with Gasteiger partial charge in [-0.15, -0.1) is 10.2 Å². The molecule has 2 atom stereocenters. The minimum Gasteiger partial charge on any atom is -0.478 e. The Kier molecular flexibility index (Phi) is 4.94. The van der Waals surface area contributed by atoms with Crippen molar-refractivity contribution in [3.63, 3.8) is 0 Å². The van der Waals surface area contributed by atoms with Gasteiger partial charge in [-0.3, -0.25) is 9.59 Å². The number of halogens is 1. The van der Waals surface area contributed by atoms with Gasteiger partial charge in [-0.05, 0) is 43.3 Å². The SMILES string of the molecule is C[C@H](OC(=O)C[C@H]1Oc2ccccc2NC1=O)c1nnc(-c2ccc(F)cc2)o1. The number of anilines is 1. The third kappa shape index (κ3) is 4.08. The summed E-state index contributed by atoms with van der Waals surface area (Å²) in [5.74, 6) is -0.721. The monoisotopic (exact) mass is 397 g/mol. The summed E-state index contributed by atoms with van der Waals surface area (Å²) in [6.07, 6.45) is -2.10. The number of rotatable bonds is 5. The summed E-state index contributed by atoms with van der Waals surface area (Å²) in [5, 5.41) is 10.4. The highest BCUT2D eigenvalue weighted by molar-refractivity contribution is 5.99. The molecule has 0 fully saturated rings. The molecule has 0 saturated heterocycles. The lowest BCUT2D eigenvalue weighted by molar-refractivity contribution is -0.153. The molecular weight excluding hydrogens is 381 g/mol. The fourth-order valence-corrected chi connectivity index (χ4v) is 2.78. The van der Waals surface area contributed by atoms with Crippen LogP contribution in [-0.2, 0) is 14.3 Å². The largest absolute Gasteiger partial charge is 0.478 e. The fourth-order valence-electron chi connectivity index (χ4n) is 2.78. The molecule has 8 nitrogen and oxygen atoms in total. The van der Waals surface area contributed by atoms with Crippen molar-refractivity contribution < 1.29 is 27.9 Å². The highest BCUT2D eigenvalue weighted by Gasteiger charge is 2.31. The number of esters is 1. The van der Waals surface area contributed by atoms with Gasteiger partial charge in [0.1, 0.15) is 11.6 Å². The summed E-state index contributed by atoms with van der Waals surface area (Å²) in [7, 11) is 0. The summed E-state index contributed by atoms with van der Waals surface area (Å²) in [4.78, 5) is 24.4. The summed E-state index contributed by atoms with van der Waals surface area (Å²) in [5.41, 5.74) is 1.09. The van der Waals surface area contributed by atoms with Crippen LogP contribution in [0, 0.1) is 5.82 Å². The molecule has 2 aromatic carbocycles. The van der Waals surface area contributed by atoms with E-state index < -0.39 is 24.1 Å². The van der Waals surface area contributed by atoms with Gasteiger partial charge in [-0.2, -0.15) is 0 Å². The normalized spacial score (nSPS) is 16.3. The predicted molar refractivity (Wildman–Crippen MR) is 98.3 cm³/mol. The first-order valence-corrected chi connectivity index (χ1v) is 8.85. The lowest BCUT2D eigenvalue weighted by Gasteiger charge is -2.25. The number of nitrogens with zero attached hydrogens (tertiary/aromatic N) is 2. The summed E-state index contributed by atoms with van der Waals surface area (Å²) >= 11 is 0. The maximum absolute atomic E-state index is 13.0. The van der Waals surface area contributed by atoms with Gasteiger partial charge in [0.05, 0.1) is 12.1 Å². The average molecular weight is 397 g/mol. The van der Waals surface area contributed by atoms with Crippen LogP contribution in [0.25, 0.3) is 11.5 Å². The number of benzene rings is 2. The quantitative estimate of drug-likeness (QED) is 0.659. The molecule has 29 heavy (non-hydrogen) atoms. The molecule has 2 heterocycles. The molecule has 3 aromatic rings. The maximum atomic E-state index is 13.0. The first-order chi connectivity index (χ1) is 14.0. The van der Waals surface area contributed by atoms with Crippen LogP contribution in [0.1, 0.15) is 25.3 Å². The van der Waals surface area contributed by atoms with Gasteiger partial charge in [-0.25, -0.2) is 4.39 Å². The van der Waals surface area contributed by atoms with Crippen LogP contribution in [0.5, 0.6) is 5.75 Å². The number of carbonyl (C=O) groups is 2. The minimum atomic E-state index is -0.998. The molecule has 1 amide bonds. The molecule has 0 bridgehead atoms. The molecule has 1 aliphatic heterocycles. The Bertz CT molecular complexity index is 1050. The van der Waals surface area contributed by atoms with Crippen molar-refractivity contribution in [1.29, 1.82) is 0 Å². The summed E-state index contributed by atoms with van der Waals surface area (Å²) < 4.78 is 29.4. The maximum Gasteiger partial charge on any atom is 0.310 e. The summed E-state index contributed by atoms with van der Waals surface area (Å²) in [6, 6.07) is 12.5. The van der Waals surface area contributed by atoms with Crippen LogP contribution in [0.15, 0.2) is 52.9 Å². The Morgan fingerprint density at radius 2 is 1.97 bits per heavy atom. The Balaban J connectivity index is 1.38. The number of carbonyl (C=O) groups excluding carboxylic acids is 2. The van der Waals surface area contributed by atoms with Crippen molar-refractivity contribution in [1.82, 2.24) is 10.2 Å². The van der Waals surface area contributed by atoms with Gasteiger partial charge < -0.3 is 19.2 Å². The van der Waals surface area contributed by atoms with E-state index in [9.17, 15) is 14.0 Å². The average Bonchev–Trinajstić information content (AvgIpc) is 3.19. The Morgan fingerprint density at radius 1 is 1.21 bits per heavy atom. The second-order valence-corrected chi connectivity index (χ2v) is 6.38. The van der Waals surface area contributed by atoms with Crippen molar-refractivity contribution in [2.75, 3.05) is 5.32 Å². The summed E-state index contributed by atoms with van der Waals surface area (Å²) in [6.45, 7) is 1.57. The van der Waals surface area contributed by atoms with E-state index in [1.54, 1.807) is 31.2 Å². The lowest BCUT2D eigenvalue weighted by Crippen LogP contribution is -2.38. The number of ether oxygens (including phenoxy) is 2. The molecule has 1 aromatic heterocycles. The highest BCUT2D eigenvalue weighted by atomic mass is 19.1. The molecular formula is C20H16FN3O5. The zero-order chi connectivity index (χ0) is 20.4. The number of fused-ring (bicyclic) bond motifs is 1. The Hall–Kier alpha value is -3.75. The van der Waals surface area contributed by atoms with Crippen LogP contribution in [0.4, 0.5) is 10.1 Å². The molecule has 0 aliphatic carbocycles. The predicted octanol–water partition coefficient (Wildman–Crippen LogP) is 3.27. The van der Waals surface area contributed by atoms with Crippen LogP contribution in [0.3, 0.4) is 0 Å². The highest BCUT2D eigenvalue weighted by Crippen LogP contribution is 2.30. The van der Waals surface area contributed by atoms with Gasteiger partial charge >= 0.3 is 5.97 Å². The van der Waals surface area contributed by atoms with Gasteiger partial charge in [0.25, 0.3) is 11.8 Å². The van der Waals surface area contributed by atoms with Crippen LogP contribution in [-0.4, -0.2) is 28.2 Å². The zero-order valence-electron chi connectivity index (χ0n) is 15.3. The van der Waals surface area contributed by atoms with Gasteiger partial charge in [0.2, 0.25) is 5.89 Å².